The number of quaternary nitrogens is 1. The third-order valence-electron chi connectivity index (χ3n) is 5.10. The van der Waals surface area contributed by atoms with Gasteiger partial charge >= 0.3 is 5.76 Å². The van der Waals surface area contributed by atoms with Crippen LogP contribution in [0.15, 0.2) is 27.5 Å². The highest BCUT2D eigenvalue weighted by molar-refractivity contribution is 6.44. The predicted octanol–water partition coefficient (Wildman–Crippen LogP) is 2.44. The number of H-pyrrole nitrogens is 2. The van der Waals surface area contributed by atoms with Crippen LogP contribution in [0.4, 0.5) is 11.4 Å². The van der Waals surface area contributed by atoms with Crippen molar-refractivity contribution in [2.24, 2.45) is 0 Å². The first kappa shape index (κ1) is 20.5. The van der Waals surface area contributed by atoms with Gasteiger partial charge in [0, 0.05) is 24.2 Å². The molecule has 2 aromatic heterocycles. The highest BCUT2D eigenvalue weighted by Crippen LogP contribution is 2.34. The topological polar surface area (TPSA) is 135 Å². The maximum absolute atomic E-state index is 12.9. The number of halogens is 2. The summed E-state index contributed by atoms with van der Waals surface area (Å²) in [6.45, 7) is 3.31. The standard InChI is InChI=1S/C19H20Cl2N6O3/c1-9-14(20)15(21)16(23-9)18(28)24-12-5-4-10(17-25-19(29)30-26-17)7-13(12)27-6-2-3-11(22)8-27/h4-5,7,11,23H,2-3,6,8,22H2,1H3,(H,24,28)(H,25,26,29)/p+1. The van der Waals surface area contributed by atoms with Gasteiger partial charge in [0.1, 0.15) is 11.7 Å². The van der Waals surface area contributed by atoms with Gasteiger partial charge in [-0.15, -0.1) is 0 Å². The van der Waals surface area contributed by atoms with Crippen molar-refractivity contribution in [2.75, 3.05) is 23.3 Å². The smallest absolute Gasteiger partial charge is 0.364 e. The van der Waals surface area contributed by atoms with Crippen molar-refractivity contribution in [1.29, 1.82) is 0 Å². The molecule has 0 aliphatic carbocycles. The van der Waals surface area contributed by atoms with E-state index in [1.807, 2.05) is 6.07 Å². The Hall–Kier alpha value is -2.75. The molecule has 9 nitrogen and oxygen atoms in total. The fourth-order valence-electron chi connectivity index (χ4n) is 3.60. The SMILES string of the molecule is Cc1[nH]c(C(=O)Nc2ccc(-c3noc(=O)[nH]3)cc2N2CCCC([NH3+])C2)c(Cl)c1Cl. The van der Waals surface area contributed by atoms with Crippen LogP contribution in [0.5, 0.6) is 0 Å². The minimum atomic E-state index is -0.631. The number of aromatic nitrogens is 3. The number of benzene rings is 1. The van der Waals surface area contributed by atoms with E-state index < -0.39 is 11.7 Å². The molecular formula is C19H21Cl2N6O3+. The normalized spacial score (nSPS) is 16.7. The molecule has 1 unspecified atom stereocenters. The molecule has 0 bridgehead atoms. The second-order valence-corrected chi connectivity index (χ2v) is 8.09. The molecule has 6 N–H and O–H groups in total. The molecule has 1 aliphatic heterocycles. The summed E-state index contributed by atoms with van der Waals surface area (Å²) in [5.41, 5.74) is 7.05. The number of hydrogen-bond acceptors (Lipinski definition) is 5. The lowest BCUT2D eigenvalue weighted by atomic mass is 10.0. The highest BCUT2D eigenvalue weighted by atomic mass is 35.5. The van der Waals surface area contributed by atoms with E-state index in [0.29, 0.717) is 27.8 Å². The number of nitrogens with zero attached hydrogens (tertiary/aromatic N) is 2. The van der Waals surface area contributed by atoms with E-state index >= 15 is 0 Å². The van der Waals surface area contributed by atoms with Gasteiger partial charge in [-0.2, -0.15) is 0 Å². The number of hydrogen-bond donors (Lipinski definition) is 4. The minimum absolute atomic E-state index is 0.181. The zero-order valence-electron chi connectivity index (χ0n) is 16.2. The van der Waals surface area contributed by atoms with Crippen LogP contribution in [-0.4, -0.2) is 40.2 Å². The molecule has 4 rings (SSSR count). The van der Waals surface area contributed by atoms with Gasteiger partial charge in [0.05, 0.1) is 28.0 Å². The van der Waals surface area contributed by atoms with E-state index in [2.05, 4.69) is 35.6 Å². The molecule has 0 radical (unpaired) electrons. The van der Waals surface area contributed by atoms with Gasteiger partial charge in [-0.3, -0.25) is 14.3 Å². The van der Waals surface area contributed by atoms with E-state index in [1.54, 1.807) is 19.1 Å². The zero-order valence-corrected chi connectivity index (χ0v) is 17.7. The molecule has 11 heteroatoms. The van der Waals surface area contributed by atoms with Crippen molar-refractivity contribution in [3.8, 4) is 11.4 Å². The molecule has 1 atom stereocenters. The van der Waals surface area contributed by atoms with Crippen molar-refractivity contribution < 1.29 is 15.1 Å². The number of anilines is 2. The molecular weight excluding hydrogens is 431 g/mol. The van der Waals surface area contributed by atoms with E-state index in [-0.39, 0.29) is 16.8 Å². The molecule has 0 spiro atoms. The highest BCUT2D eigenvalue weighted by Gasteiger charge is 2.24. The molecule has 3 heterocycles. The van der Waals surface area contributed by atoms with E-state index in [4.69, 9.17) is 23.2 Å². The number of rotatable bonds is 4. The Morgan fingerprint density at radius 3 is 2.77 bits per heavy atom. The Morgan fingerprint density at radius 1 is 1.33 bits per heavy atom. The monoisotopic (exact) mass is 451 g/mol. The third kappa shape index (κ3) is 3.96. The molecule has 1 aromatic carbocycles. The first-order valence-corrected chi connectivity index (χ1v) is 10.2. The summed E-state index contributed by atoms with van der Waals surface area (Å²) in [4.78, 5) is 31.8. The van der Waals surface area contributed by atoms with Gasteiger partial charge in [0.2, 0.25) is 0 Å². The van der Waals surface area contributed by atoms with E-state index in [9.17, 15) is 9.59 Å². The summed E-state index contributed by atoms with van der Waals surface area (Å²) in [6.07, 6.45) is 2.04. The summed E-state index contributed by atoms with van der Waals surface area (Å²) in [6, 6.07) is 5.63. The minimum Gasteiger partial charge on any atom is -0.364 e. The summed E-state index contributed by atoms with van der Waals surface area (Å²) < 4.78 is 4.61. The van der Waals surface area contributed by atoms with Crippen LogP contribution in [0.2, 0.25) is 10.0 Å². The number of nitrogens with one attached hydrogen (secondary N) is 3. The molecule has 1 saturated heterocycles. The zero-order chi connectivity index (χ0) is 21.4. The molecule has 158 valence electrons. The van der Waals surface area contributed by atoms with Crippen LogP contribution < -0.4 is 21.7 Å². The van der Waals surface area contributed by atoms with Crippen LogP contribution in [-0.2, 0) is 0 Å². The fourth-order valence-corrected chi connectivity index (χ4v) is 4.01. The first-order valence-electron chi connectivity index (χ1n) is 9.47. The van der Waals surface area contributed by atoms with Crippen molar-refractivity contribution in [3.05, 3.63) is 50.2 Å². The van der Waals surface area contributed by atoms with Crippen molar-refractivity contribution in [3.63, 3.8) is 0 Å². The summed E-state index contributed by atoms with van der Waals surface area (Å²) in [5.74, 6) is -0.715. The van der Waals surface area contributed by atoms with E-state index in [0.717, 1.165) is 31.6 Å². The van der Waals surface area contributed by atoms with Crippen molar-refractivity contribution in [1.82, 2.24) is 15.1 Å². The predicted molar refractivity (Wildman–Crippen MR) is 114 cm³/mol. The van der Waals surface area contributed by atoms with Gasteiger partial charge in [-0.1, -0.05) is 28.4 Å². The Balaban J connectivity index is 1.71. The lowest BCUT2D eigenvalue weighted by Crippen LogP contribution is -2.67. The molecule has 1 fully saturated rings. The quantitative estimate of drug-likeness (QED) is 0.482. The Kier molecular flexibility index (Phi) is 5.59. The molecule has 30 heavy (non-hydrogen) atoms. The van der Waals surface area contributed by atoms with Crippen LogP contribution in [0.3, 0.4) is 0 Å². The number of amides is 1. The maximum atomic E-state index is 12.9. The number of aromatic amines is 2. The Labute approximate surface area is 181 Å². The van der Waals surface area contributed by atoms with Crippen molar-refractivity contribution in [2.45, 2.75) is 25.8 Å². The average molecular weight is 452 g/mol. The van der Waals surface area contributed by atoms with Gasteiger partial charge in [-0.05, 0) is 31.5 Å². The number of carbonyl (C=O) groups excluding carboxylic acids is 1. The molecule has 3 aromatic rings. The second kappa shape index (κ2) is 8.17. The molecule has 1 aliphatic rings. The van der Waals surface area contributed by atoms with Gasteiger partial charge in [0.15, 0.2) is 5.82 Å². The third-order valence-corrected chi connectivity index (χ3v) is 6.05. The van der Waals surface area contributed by atoms with Crippen molar-refractivity contribution >= 4 is 40.5 Å². The van der Waals surface area contributed by atoms with Gasteiger partial charge < -0.3 is 20.9 Å². The number of carbonyl (C=O) groups is 1. The maximum Gasteiger partial charge on any atom is 0.439 e. The summed E-state index contributed by atoms with van der Waals surface area (Å²) in [7, 11) is 0. The first-order chi connectivity index (χ1) is 14.3. The average Bonchev–Trinajstić information content (AvgIpc) is 3.27. The molecule has 1 amide bonds. The van der Waals surface area contributed by atoms with Crippen LogP contribution in [0.25, 0.3) is 11.4 Å². The van der Waals surface area contributed by atoms with Gasteiger partial charge in [-0.25, -0.2) is 4.79 Å². The van der Waals surface area contributed by atoms with Gasteiger partial charge in [0.25, 0.3) is 5.91 Å². The largest absolute Gasteiger partial charge is 0.439 e. The molecule has 0 saturated carbocycles. The van der Waals surface area contributed by atoms with Crippen LogP contribution in [0.1, 0.15) is 29.0 Å². The fraction of sp³-hybridized carbons (Fsp3) is 0.316. The van der Waals surface area contributed by atoms with Crippen LogP contribution in [0, 0.1) is 6.92 Å². The number of piperidine rings is 1. The lowest BCUT2D eigenvalue weighted by Gasteiger charge is -2.32. The Morgan fingerprint density at radius 2 is 2.13 bits per heavy atom. The van der Waals surface area contributed by atoms with E-state index in [1.165, 1.54) is 0 Å². The summed E-state index contributed by atoms with van der Waals surface area (Å²) in [5, 5.41) is 7.17. The summed E-state index contributed by atoms with van der Waals surface area (Å²) >= 11 is 12.3. The lowest BCUT2D eigenvalue weighted by molar-refractivity contribution is -0.419. The number of aryl methyl sites for hydroxylation is 1. The second-order valence-electron chi connectivity index (χ2n) is 7.34. The van der Waals surface area contributed by atoms with Crippen LogP contribution >= 0.6 is 23.2 Å². The Bertz CT molecular complexity index is 1150.